The molecule has 8 aromatic carbocycles. The normalized spacial score (nSPS) is 17.3. The molecule has 8 aromatic rings. The fourth-order valence-electron chi connectivity index (χ4n) is 4.81. The van der Waals surface area contributed by atoms with Gasteiger partial charge in [0.1, 0.15) is 0 Å². The molecule has 0 bridgehead atoms. The van der Waals surface area contributed by atoms with Crippen LogP contribution in [0.3, 0.4) is 0 Å². The predicted molar refractivity (Wildman–Crippen MR) is 174 cm³/mol. The van der Waals surface area contributed by atoms with Gasteiger partial charge in [-0.1, -0.05) is 157 Å². The Kier molecular flexibility index (Phi) is 3.02. The second-order valence-electron chi connectivity index (χ2n) is 8.79. The summed E-state index contributed by atoms with van der Waals surface area (Å²) in [5.41, 5.74) is 0.259. The van der Waals surface area contributed by atoms with Crippen LogP contribution in [0.15, 0.2) is 169 Å². The van der Waals surface area contributed by atoms with E-state index in [-0.39, 0.29) is 80.1 Å². The Hall–Kier alpha value is -5.20. The molecule has 0 aliphatic rings. The number of hydrogen-bond acceptors (Lipinski definition) is 0. The van der Waals surface area contributed by atoms with Gasteiger partial charge in [0, 0.05) is 0 Å². The Morgan fingerprint density at radius 1 is 0.325 bits per heavy atom. The summed E-state index contributed by atoms with van der Waals surface area (Å²) >= 11 is 0. The minimum absolute atomic E-state index is 0.0807. The van der Waals surface area contributed by atoms with Crippen molar-refractivity contribution in [3.05, 3.63) is 169 Å². The van der Waals surface area contributed by atoms with Crippen molar-refractivity contribution >= 4 is 43.1 Å². The molecule has 0 radical (unpaired) electrons. The second kappa shape index (κ2) is 10.5. The Morgan fingerprint density at radius 2 is 0.700 bits per heavy atom. The molecule has 8 rings (SSSR count). The van der Waals surface area contributed by atoms with Crippen molar-refractivity contribution in [2.24, 2.45) is 0 Å². The molecule has 188 valence electrons. The van der Waals surface area contributed by atoms with Gasteiger partial charge in [-0.15, -0.1) is 0 Å². The third-order valence-electron chi connectivity index (χ3n) is 6.49. The smallest absolute Gasteiger partial charge is 0.0622 e. The van der Waals surface area contributed by atoms with Crippen LogP contribution in [-0.2, 0) is 0 Å². The van der Waals surface area contributed by atoms with E-state index < -0.39 is 72.5 Å². The quantitative estimate of drug-likeness (QED) is 0.196. The number of hydrogen-bond donors (Lipinski definition) is 0. The summed E-state index contributed by atoms with van der Waals surface area (Å²) in [4.78, 5) is 0. The van der Waals surface area contributed by atoms with Gasteiger partial charge in [-0.3, -0.25) is 0 Å². The molecule has 0 saturated carbocycles. The van der Waals surface area contributed by atoms with Crippen LogP contribution in [0, 0.1) is 0 Å². The molecule has 0 aliphatic heterocycles. The first-order chi connectivity index (χ1) is 27.3. The van der Waals surface area contributed by atoms with Crippen molar-refractivity contribution in [2.75, 3.05) is 0 Å². The van der Waals surface area contributed by atoms with Gasteiger partial charge in [-0.2, -0.15) is 0 Å². The first-order valence-corrected chi connectivity index (χ1v) is 12.3. The number of fused-ring (bicyclic) bond motifs is 4. The molecule has 0 aliphatic carbocycles. The molecule has 0 heteroatoms. The Balaban J connectivity index is 0.000000177. The molecule has 0 aromatic heterocycles. The molecule has 0 atom stereocenters. The zero-order chi connectivity index (χ0) is 42.4. The molecule has 0 heterocycles. The monoisotopic (exact) mass is 526 g/mol. The lowest BCUT2D eigenvalue weighted by atomic mass is 9.92. The van der Waals surface area contributed by atoms with Gasteiger partial charge in [0.25, 0.3) is 0 Å². The first kappa shape index (κ1) is 11.5. The standard InChI is InChI=1S/2C20H14/c2*1-2-8-15(9-3-1)20-18-12-6-4-10-16(18)14-17-11-5-7-13-19(17)20/h2*1-14H/i2*1D,2D,3D,4D,6D,8D,9D,10D,12D. The lowest BCUT2D eigenvalue weighted by Gasteiger charge is -2.11. The van der Waals surface area contributed by atoms with Crippen LogP contribution in [0.1, 0.15) is 24.7 Å². The maximum Gasteiger partial charge on any atom is 0.0629 e. The van der Waals surface area contributed by atoms with E-state index in [0.29, 0.717) is 21.5 Å². The van der Waals surface area contributed by atoms with E-state index in [9.17, 15) is 0 Å². The van der Waals surface area contributed by atoms with Gasteiger partial charge in [-0.05, 0) is 77.5 Å². The predicted octanol–water partition coefficient (Wildman–Crippen LogP) is 11.3. The highest BCUT2D eigenvalue weighted by molar-refractivity contribution is 6.13. The van der Waals surface area contributed by atoms with E-state index in [0.717, 1.165) is 0 Å². The lowest BCUT2D eigenvalue weighted by Crippen LogP contribution is -1.84. The summed E-state index contributed by atoms with van der Waals surface area (Å²) in [6, 6.07) is 9.81. The minimum Gasteiger partial charge on any atom is -0.0622 e. The fourth-order valence-corrected chi connectivity index (χ4v) is 4.81. The minimum atomic E-state index is -0.518. The zero-order valence-electron chi connectivity index (χ0n) is 38.8. The highest BCUT2D eigenvalue weighted by atomic mass is 14.1. The van der Waals surface area contributed by atoms with Crippen LogP contribution in [-0.4, -0.2) is 0 Å². The van der Waals surface area contributed by atoms with E-state index >= 15 is 0 Å². The van der Waals surface area contributed by atoms with Crippen molar-refractivity contribution in [3.63, 3.8) is 0 Å². The van der Waals surface area contributed by atoms with Gasteiger partial charge in [-0.25, -0.2) is 0 Å². The Bertz CT molecular complexity index is 2830. The Morgan fingerprint density at radius 3 is 1.15 bits per heavy atom. The average Bonchev–Trinajstić information content (AvgIpc) is 3.23. The number of benzene rings is 8. The summed E-state index contributed by atoms with van der Waals surface area (Å²) < 4.78 is 147. The summed E-state index contributed by atoms with van der Waals surface area (Å²) in [5, 5.41) is 3.11. The third kappa shape index (κ3) is 4.40. The molecular formula is C40H28. The van der Waals surface area contributed by atoms with Crippen molar-refractivity contribution in [1.82, 2.24) is 0 Å². The van der Waals surface area contributed by atoms with Crippen LogP contribution >= 0.6 is 0 Å². The van der Waals surface area contributed by atoms with E-state index in [1.54, 1.807) is 60.7 Å². The summed E-state index contributed by atoms with van der Waals surface area (Å²) in [5.74, 6) is 0. The van der Waals surface area contributed by atoms with Crippen LogP contribution in [0.2, 0.25) is 0 Å². The SMILES string of the molecule is [2H]c1c([2H])c([2H])c(-c2c3ccccc3cc3c([2H])c([2H])c([2H])c([2H])c23)c([2H])c1[2H].[2H]c1c([2H])c([2H])c(-c2c3ccccc3cc3c([2H])c([2H])c([2H])c([2H])c23)c([2H])c1[2H]. The molecule has 0 nitrogen and oxygen atoms in total. The largest absolute Gasteiger partial charge is 0.0629 e. The van der Waals surface area contributed by atoms with E-state index in [1.165, 1.54) is 0 Å². The summed E-state index contributed by atoms with van der Waals surface area (Å²) in [7, 11) is 0. The zero-order valence-corrected chi connectivity index (χ0v) is 20.8. The molecule has 0 fully saturated rings. The van der Waals surface area contributed by atoms with Crippen molar-refractivity contribution in [1.29, 1.82) is 0 Å². The highest BCUT2D eigenvalue weighted by Gasteiger charge is 2.10. The van der Waals surface area contributed by atoms with Gasteiger partial charge in [0.15, 0.2) is 0 Å². The first-order valence-electron chi connectivity index (χ1n) is 21.3. The molecule has 0 saturated heterocycles. The summed E-state index contributed by atoms with van der Waals surface area (Å²) in [6.45, 7) is 0. The fraction of sp³-hybridized carbons (Fsp3) is 0. The lowest BCUT2D eigenvalue weighted by molar-refractivity contribution is 1.67. The third-order valence-corrected chi connectivity index (χ3v) is 6.49. The molecule has 0 spiro atoms. The Labute approximate surface area is 260 Å². The van der Waals surface area contributed by atoms with Crippen LogP contribution in [0.5, 0.6) is 0 Å². The van der Waals surface area contributed by atoms with Gasteiger partial charge >= 0.3 is 0 Å². The van der Waals surface area contributed by atoms with Crippen molar-refractivity contribution in [3.8, 4) is 22.3 Å². The van der Waals surface area contributed by atoms with Gasteiger partial charge in [0.2, 0.25) is 0 Å². The van der Waals surface area contributed by atoms with Crippen LogP contribution in [0.4, 0.5) is 0 Å². The molecule has 0 unspecified atom stereocenters. The van der Waals surface area contributed by atoms with Crippen molar-refractivity contribution in [2.45, 2.75) is 0 Å². The summed E-state index contributed by atoms with van der Waals surface area (Å²) in [6.07, 6.45) is 0. The molecule has 0 amide bonds. The van der Waals surface area contributed by atoms with Gasteiger partial charge in [0.05, 0.1) is 24.7 Å². The van der Waals surface area contributed by atoms with Gasteiger partial charge < -0.3 is 0 Å². The average molecular weight is 527 g/mol. The van der Waals surface area contributed by atoms with E-state index in [2.05, 4.69) is 0 Å². The molecule has 0 N–H and O–H groups in total. The van der Waals surface area contributed by atoms with E-state index in [1.807, 2.05) is 0 Å². The highest BCUT2D eigenvalue weighted by Crippen LogP contribution is 2.37. The molecular weight excluding hydrogens is 480 g/mol. The maximum atomic E-state index is 8.44. The molecule has 40 heavy (non-hydrogen) atoms. The van der Waals surface area contributed by atoms with Crippen LogP contribution < -0.4 is 0 Å². The second-order valence-corrected chi connectivity index (χ2v) is 8.79. The topological polar surface area (TPSA) is 0 Å². The van der Waals surface area contributed by atoms with E-state index in [4.69, 9.17) is 24.7 Å². The number of rotatable bonds is 2. The van der Waals surface area contributed by atoms with Crippen LogP contribution in [0.25, 0.3) is 65.3 Å². The van der Waals surface area contributed by atoms with Crippen molar-refractivity contribution < 1.29 is 24.7 Å². The maximum absolute atomic E-state index is 8.44.